The van der Waals surface area contributed by atoms with Crippen LogP contribution in [0.2, 0.25) is 0 Å². The molecule has 0 atom stereocenters. The summed E-state index contributed by atoms with van der Waals surface area (Å²) in [7, 11) is 2.06. The molecule has 1 fully saturated rings. The van der Waals surface area contributed by atoms with E-state index >= 15 is 0 Å². The SMILES string of the molecule is CN(Cc1ccccc1)c1ccccc1NC(=O)CCC1CCNCC1. The largest absolute Gasteiger partial charge is 0.369 e. The molecular formula is C22H29N3O. The molecule has 138 valence electrons. The van der Waals surface area contributed by atoms with Gasteiger partial charge in [0.1, 0.15) is 0 Å². The fourth-order valence-corrected chi connectivity index (χ4v) is 3.57. The van der Waals surface area contributed by atoms with E-state index in [4.69, 9.17) is 0 Å². The third kappa shape index (κ3) is 5.33. The second-order valence-electron chi connectivity index (χ2n) is 7.14. The van der Waals surface area contributed by atoms with Crippen molar-refractivity contribution in [2.24, 2.45) is 5.92 Å². The first-order valence-electron chi connectivity index (χ1n) is 9.57. The summed E-state index contributed by atoms with van der Waals surface area (Å²) in [4.78, 5) is 14.6. The maximum absolute atomic E-state index is 12.4. The minimum atomic E-state index is 0.115. The summed E-state index contributed by atoms with van der Waals surface area (Å²) in [6.07, 6.45) is 3.95. The number of hydrogen-bond acceptors (Lipinski definition) is 3. The first kappa shape index (κ1) is 18.5. The number of anilines is 2. The molecule has 2 aromatic rings. The molecular weight excluding hydrogens is 322 g/mol. The number of hydrogen-bond donors (Lipinski definition) is 2. The van der Waals surface area contributed by atoms with Crippen molar-refractivity contribution in [1.29, 1.82) is 0 Å². The Hall–Kier alpha value is -2.33. The fourth-order valence-electron chi connectivity index (χ4n) is 3.57. The van der Waals surface area contributed by atoms with Crippen LogP contribution in [-0.4, -0.2) is 26.0 Å². The van der Waals surface area contributed by atoms with Gasteiger partial charge in [-0.25, -0.2) is 0 Å². The van der Waals surface area contributed by atoms with Crippen molar-refractivity contribution >= 4 is 17.3 Å². The van der Waals surface area contributed by atoms with Crippen molar-refractivity contribution in [1.82, 2.24) is 5.32 Å². The molecule has 0 unspecified atom stereocenters. The van der Waals surface area contributed by atoms with Gasteiger partial charge in [0.05, 0.1) is 11.4 Å². The maximum Gasteiger partial charge on any atom is 0.224 e. The van der Waals surface area contributed by atoms with E-state index in [1.54, 1.807) is 0 Å². The number of piperidine rings is 1. The van der Waals surface area contributed by atoms with Crippen molar-refractivity contribution in [2.75, 3.05) is 30.4 Å². The van der Waals surface area contributed by atoms with E-state index in [-0.39, 0.29) is 5.91 Å². The molecule has 0 saturated carbocycles. The van der Waals surface area contributed by atoms with Crippen LogP contribution in [0.5, 0.6) is 0 Å². The molecule has 1 heterocycles. The van der Waals surface area contributed by atoms with Gasteiger partial charge >= 0.3 is 0 Å². The van der Waals surface area contributed by atoms with Gasteiger partial charge < -0.3 is 15.5 Å². The highest BCUT2D eigenvalue weighted by molar-refractivity contribution is 5.94. The van der Waals surface area contributed by atoms with E-state index in [0.717, 1.165) is 37.4 Å². The summed E-state index contributed by atoms with van der Waals surface area (Å²) in [5.74, 6) is 0.794. The van der Waals surface area contributed by atoms with Crippen molar-refractivity contribution < 1.29 is 4.79 Å². The lowest BCUT2D eigenvalue weighted by atomic mass is 9.93. The molecule has 0 aliphatic carbocycles. The van der Waals surface area contributed by atoms with E-state index < -0.39 is 0 Å². The third-order valence-electron chi connectivity index (χ3n) is 5.09. The van der Waals surface area contributed by atoms with Crippen LogP contribution in [-0.2, 0) is 11.3 Å². The van der Waals surface area contributed by atoms with Gasteiger partial charge in [-0.1, -0.05) is 42.5 Å². The minimum Gasteiger partial charge on any atom is -0.369 e. The topological polar surface area (TPSA) is 44.4 Å². The number of para-hydroxylation sites is 2. The van der Waals surface area contributed by atoms with Crippen LogP contribution in [0.4, 0.5) is 11.4 Å². The Bertz CT molecular complexity index is 696. The smallest absolute Gasteiger partial charge is 0.224 e. The number of nitrogens with zero attached hydrogens (tertiary/aromatic N) is 1. The lowest BCUT2D eigenvalue weighted by molar-refractivity contribution is -0.116. The zero-order valence-electron chi connectivity index (χ0n) is 15.6. The fraction of sp³-hybridized carbons (Fsp3) is 0.409. The standard InChI is InChI=1S/C22H29N3O/c1-25(17-19-7-3-2-4-8-19)21-10-6-5-9-20(21)24-22(26)12-11-18-13-15-23-16-14-18/h2-10,18,23H,11-17H2,1H3,(H,24,26). The van der Waals surface area contributed by atoms with Gasteiger partial charge in [-0.3, -0.25) is 4.79 Å². The molecule has 0 radical (unpaired) electrons. The predicted octanol–water partition coefficient (Wildman–Crippen LogP) is 4.04. The number of carbonyl (C=O) groups excluding carboxylic acids is 1. The monoisotopic (exact) mass is 351 g/mol. The molecule has 1 aliphatic heterocycles. The van der Waals surface area contributed by atoms with Crippen LogP contribution < -0.4 is 15.5 Å². The van der Waals surface area contributed by atoms with E-state index in [2.05, 4.69) is 52.9 Å². The lowest BCUT2D eigenvalue weighted by Crippen LogP contribution is -2.28. The number of nitrogens with one attached hydrogen (secondary N) is 2. The second kappa shape index (κ2) is 9.39. The van der Waals surface area contributed by atoms with Crippen LogP contribution >= 0.6 is 0 Å². The number of amides is 1. The van der Waals surface area contributed by atoms with Crippen LogP contribution in [0, 0.1) is 5.92 Å². The molecule has 4 heteroatoms. The number of benzene rings is 2. The highest BCUT2D eigenvalue weighted by Gasteiger charge is 2.15. The Morgan fingerprint density at radius 1 is 1.08 bits per heavy atom. The summed E-state index contributed by atoms with van der Waals surface area (Å²) in [6.45, 7) is 2.97. The Morgan fingerprint density at radius 3 is 2.54 bits per heavy atom. The molecule has 0 bridgehead atoms. The molecule has 2 N–H and O–H groups in total. The molecule has 0 spiro atoms. The quantitative estimate of drug-likeness (QED) is 0.791. The van der Waals surface area contributed by atoms with Gasteiger partial charge in [-0.2, -0.15) is 0 Å². The summed E-state index contributed by atoms with van der Waals surface area (Å²) < 4.78 is 0. The average Bonchev–Trinajstić information content (AvgIpc) is 2.68. The van der Waals surface area contributed by atoms with E-state index in [1.165, 1.54) is 18.4 Å². The molecule has 1 amide bonds. The van der Waals surface area contributed by atoms with Crippen LogP contribution in [0.1, 0.15) is 31.2 Å². The van der Waals surface area contributed by atoms with Gasteiger partial charge in [0, 0.05) is 20.0 Å². The molecule has 1 aliphatic rings. The minimum absolute atomic E-state index is 0.115. The van der Waals surface area contributed by atoms with Gasteiger partial charge in [-0.05, 0) is 56.0 Å². The molecule has 1 saturated heterocycles. The Morgan fingerprint density at radius 2 is 1.77 bits per heavy atom. The van der Waals surface area contributed by atoms with Gasteiger partial charge in [0.25, 0.3) is 0 Å². The zero-order valence-corrected chi connectivity index (χ0v) is 15.6. The molecule has 0 aromatic heterocycles. The molecule has 4 nitrogen and oxygen atoms in total. The van der Waals surface area contributed by atoms with Crippen molar-refractivity contribution in [3.05, 3.63) is 60.2 Å². The van der Waals surface area contributed by atoms with Crippen molar-refractivity contribution in [2.45, 2.75) is 32.2 Å². The van der Waals surface area contributed by atoms with Crippen LogP contribution in [0.15, 0.2) is 54.6 Å². The third-order valence-corrected chi connectivity index (χ3v) is 5.09. The van der Waals surface area contributed by atoms with Gasteiger partial charge in [-0.15, -0.1) is 0 Å². The predicted molar refractivity (Wildman–Crippen MR) is 108 cm³/mol. The van der Waals surface area contributed by atoms with Gasteiger partial charge in [0.15, 0.2) is 0 Å². The Balaban J connectivity index is 1.58. The van der Waals surface area contributed by atoms with Gasteiger partial charge in [0.2, 0.25) is 5.91 Å². The molecule has 2 aromatic carbocycles. The average molecular weight is 351 g/mol. The Labute approximate surface area is 156 Å². The summed E-state index contributed by atoms with van der Waals surface area (Å²) in [5.41, 5.74) is 3.19. The van der Waals surface area contributed by atoms with Crippen LogP contribution in [0.25, 0.3) is 0 Å². The highest BCUT2D eigenvalue weighted by atomic mass is 16.1. The first-order chi connectivity index (χ1) is 12.7. The lowest BCUT2D eigenvalue weighted by Gasteiger charge is -2.24. The maximum atomic E-state index is 12.4. The molecule has 26 heavy (non-hydrogen) atoms. The second-order valence-corrected chi connectivity index (χ2v) is 7.14. The summed E-state index contributed by atoms with van der Waals surface area (Å²) >= 11 is 0. The van der Waals surface area contributed by atoms with E-state index in [1.807, 2.05) is 24.3 Å². The van der Waals surface area contributed by atoms with E-state index in [9.17, 15) is 4.79 Å². The number of carbonyl (C=O) groups is 1. The highest BCUT2D eigenvalue weighted by Crippen LogP contribution is 2.26. The Kier molecular flexibility index (Phi) is 6.67. The van der Waals surface area contributed by atoms with Crippen molar-refractivity contribution in [3.63, 3.8) is 0 Å². The van der Waals surface area contributed by atoms with Crippen molar-refractivity contribution in [3.8, 4) is 0 Å². The van der Waals surface area contributed by atoms with E-state index in [0.29, 0.717) is 12.3 Å². The summed E-state index contributed by atoms with van der Waals surface area (Å²) in [6, 6.07) is 18.4. The summed E-state index contributed by atoms with van der Waals surface area (Å²) in [5, 5.41) is 6.50. The number of rotatable bonds is 7. The normalized spacial score (nSPS) is 14.8. The zero-order chi connectivity index (χ0) is 18.2. The first-order valence-corrected chi connectivity index (χ1v) is 9.57. The molecule has 3 rings (SSSR count). The van der Waals surface area contributed by atoms with Crippen LogP contribution in [0.3, 0.4) is 0 Å².